The maximum absolute atomic E-state index is 12.9. The first-order valence-electron chi connectivity index (χ1n) is 9.95. The lowest BCUT2D eigenvalue weighted by Gasteiger charge is -2.31. The smallest absolute Gasteiger partial charge is 0.306 e. The molecule has 0 aromatic rings. The van der Waals surface area contributed by atoms with Crippen LogP contribution >= 0.6 is 0 Å². The Morgan fingerprint density at radius 3 is 2.46 bits per heavy atom. The number of esters is 1. The highest BCUT2D eigenvalue weighted by Gasteiger charge is 2.38. The van der Waals surface area contributed by atoms with Gasteiger partial charge in [0.15, 0.2) is 0 Å². The Morgan fingerprint density at radius 1 is 1.21 bits per heavy atom. The molecular weight excluding hydrogens is 360 g/mol. The molecule has 1 aliphatic carbocycles. The van der Waals surface area contributed by atoms with Crippen molar-refractivity contribution in [2.24, 2.45) is 5.92 Å². The summed E-state index contributed by atoms with van der Waals surface area (Å²) in [6.07, 6.45) is 7.86. The van der Waals surface area contributed by atoms with Crippen molar-refractivity contribution in [3.05, 3.63) is 25.3 Å². The van der Waals surface area contributed by atoms with Crippen molar-refractivity contribution in [1.82, 2.24) is 10.6 Å². The summed E-state index contributed by atoms with van der Waals surface area (Å²) < 4.78 is 5.39. The SMILES string of the molecule is C=CCCC(=O)OCC1(NC(=O)[C@@H](CC=C)CC(=O)N[C@H](C)CO)CCCC1. The first-order chi connectivity index (χ1) is 13.4. The Balaban J connectivity index is 2.70. The molecule has 7 heteroatoms. The largest absolute Gasteiger partial charge is 0.463 e. The highest BCUT2D eigenvalue weighted by molar-refractivity contribution is 5.86. The minimum atomic E-state index is -0.574. The molecule has 0 aromatic carbocycles. The van der Waals surface area contributed by atoms with Gasteiger partial charge in [0.05, 0.1) is 18.1 Å². The fourth-order valence-electron chi connectivity index (χ4n) is 3.32. The lowest BCUT2D eigenvalue weighted by Crippen LogP contribution is -2.52. The van der Waals surface area contributed by atoms with Crippen LogP contribution in [0.4, 0.5) is 0 Å². The zero-order valence-electron chi connectivity index (χ0n) is 16.9. The lowest BCUT2D eigenvalue weighted by atomic mass is 9.94. The average molecular weight is 395 g/mol. The van der Waals surface area contributed by atoms with Gasteiger partial charge in [-0.2, -0.15) is 0 Å². The quantitative estimate of drug-likeness (QED) is 0.327. The Hall–Kier alpha value is -2.15. The predicted molar refractivity (Wildman–Crippen MR) is 107 cm³/mol. The van der Waals surface area contributed by atoms with E-state index in [4.69, 9.17) is 9.84 Å². The van der Waals surface area contributed by atoms with Crippen molar-refractivity contribution in [1.29, 1.82) is 0 Å². The Morgan fingerprint density at radius 2 is 1.89 bits per heavy atom. The second kappa shape index (κ2) is 12.3. The fourth-order valence-corrected chi connectivity index (χ4v) is 3.32. The Kier molecular flexibility index (Phi) is 10.5. The van der Waals surface area contributed by atoms with Crippen molar-refractivity contribution in [2.75, 3.05) is 13.2 Å². The zero-order chi connectivity index (χ0) is 21.0. The molecule has 0 radical (unpaired) electrons. The number of rotatable bonds is 13. The number of carbonyl (C=O) groups is 3. The van der Waals surface area contributed by atoms with Crippen LogP contribution in [0, 0.1) is 5.92 Å². The summed E-state index contributed by atoms with van der Waals surface area (Å²) in [7, 11) is 0. The van der Waals surface area contributed by atoms with Gasteiger partial charge in [0.1, 0.15) is 6.61 Å². The van der Waals surface area contributed by atoms with Gasteiger partial charge in [0.25, 0.3) is 0 Å². The molecule has 158 valence electrons. The highest BCUT2D eigenvalue weighted by Crippen LogP contribution is 2.31. The van der Waals surface area contributed by atoms with Crippen LogP contribution in [0.3, 0.4) is 0 Å². The van der Waals surface area contributed by atoms with Gasteiger partial charge in [0, 0.05) is 18.9 Å². The number of hydrogen-bond acceptors (Lipinski definition) is 5. The summed E-state index contributed by atoms with van der Waals surface area (Å²) in [5.41, 5.74) is -0.574. The van der Waals surface area contributed by atoms with E-state index in [1.807, 2.05) is 0 Å². The maximum atomic E-state index is 12.9. The molecule has 3 N–H and O–H groups in total. The molecular formula is C21H34N2O5. The predicted octanol–water partition coefficient (Wildman–Crippen LogP) is 2.00. The molecule has 0 aromatic heterocycles. The second-order valence-electron chi connectivity index (χ2n) is 7.54. The van der Waals surface area contributed by atoms with Gasteiger partial charge < -0.3 is 20.5 Å². The standard InChI is InChI=1S/C21H34N2O5/c1-4-6-10-19(26)28-15-21(11-7-8-12-21)23-20(27)17(9-5-2)13-18(25)22-16(3)14-24/h4-5,16-17,24H,1-2,6-15H2,3H3,(H,22,25)(H,23,27)/t16-,17+/m1/s1. The second-order valence-corrected chi connectivity index (χ2v) is 7.54. The number of nitrogens with one attached hydrogen (secondary N) is 2. The molecule has 1 rings (SSSR count). The minimum Gasteiger partial charge on any atom is -0.463 e. The lowest BCUT2D eigenvalue weighted by molar-refractivity contribution is -0.147. The molecule has 0 unspecified atom stereocenters. The van der Waals surface area contributed by atoms with E-state index in [0.29, 0.717) is 12.8 Å². The van der Waals surface area contributed by atoms with Gasteiger partial charge in [-0.05, 0) is 32.6 Å². The number of allylic oxidation sites excluding steroid dienone is 2. The van der Waals surface area contributed by atoms with Crippen LogP contribution in [0.25, 0.3) is 0 Å². The highest BCUT2D eigenvalue weighted by atomic mass is 16.5. The van der Waals surface area contributed by atoms with Crippen molar-refractivity contribution >= 4 is 17.8 Å². The molecule has 0 spiro atoms. The van der Waals surface area contributed by atoms with Crippen LogP contribution in [0.2, 0.25) is 0 Å². The summed E-state index contributed by atoms with van der Waals surface area (Å²) in [6, 6.07) is -0.365. The first kappa shape index (κ1) is 23.9. The van der Waals surface area contributed by atoms with Crippen molar-refractivity contribution < 1.29 is 24.2 Å². The number of hydrogen-bond donors (Lipinski definition) is 3. The molecule has 0 aliphatic heterocycles. The molecule has 0 bridgehead atoms. The van der Waals surface area contributed by atoms with E-state index in [9.17, 15) is 14.4 Å². The minimum absolute atomic E-state index is 0.0113. The molecule has 7 nitrogen and oxygen atoms in total. The third kappa shape index (κ3) is 8.25. The van der Waals surface area contributed by atoms with Gasteiger partial charge in [-0.3, -0.25) is 14.4 Å². The summed E-state index contributed by atoms with van der Waals surface area (Å²) in [4.78, 5) is 36.8. The van der Waals surface area contributed by atoms with Crippen LogP contribution in [0.5, 0.6) is 0 Å². The van der Waals surface area contributed by atoms with Gasteiger partial charge in [-0.1, -0.05) is 25.0 Å². The van der Waals surface area contributed by atoms with Crippen LogP contribution < -0.4 is 10.6 Å². The average Bonchev–Trinajstić information content (AvgIpc) is 3.12. The van der Waals surface area contributed by atoms with Gasteiger partial charge in [-0.25, -0.2) is 0 Å². The molecule has 1 fully saturated rings. The van der Waals surface area contributed by atoms with E-state index in [-0.39, 0.29) is 49.9 Å². The third-order valence-corrected chi connectivity index (χ3v) is 4.95. The molecule has 2 amide bonds. The van der Waals surface area contributed by atoms with Crippen LogP contribution in [-0.2, 0) is 19.1 Å². The van der Waals surface area contributed by atoms with E-state index in [1.165, 1.54) is 0 Å². The fraction of sp³-hybridized carbons (Fsp3) is 0.667. The Bertz CT molecular complexity index is 555. The summed E-state index contributed by atoms with van der Waals surface area (Å²) in [5.74, 6) is -1.40. The van der Waals surface area contributed by atoms with Crippen molar-refractivity contribution in [3.8, 4) is 0 Å². The number of aliphatic hydroxyl groups is 1. The van der Waals surface area contributed by atoms with E-state index < -0.39 is 11.5 Å². The Labute approximate surface area is 167 Å². The number of aliphatic hydroxyl groups excluding tert-OH is 1. The molecule has 28 heavy (non-hydrogen) atoms. The van der Waals surface area contributed by atoms with E-state index in [1.54, 1.807) is 19.1 Å². The summed E-state index contributed by atoms with van der Waals surface area (Å²) >= 11 is 0. The van der Waals surface area contributed by atoms with Gasteiger partial charge in [0.2, 0.25) is 11.8 Å². The van der Waals surface area contributed by atoms with Crippen molar-refractivity contribution in [3.63, 3.8) is 0 Å². The number of amides is 2. The molecule has 1 aliphatic rings. The van der Waals surface area contributed by atoms with Gasteiger partial charge >= 0.3 is 5.97 Å². The third-order valence-electron chi connectivity index (χ3n) is 4.95. The summed E-state index contributed by atoms with van der Waals surface area (Å²) in [6.45, 7) is 8.93. The van der Waals surface area contributed by atoms with E-state index in [0.717, 1.165) is 25.7 Å². The summed E-state index contributed by atoms with van der Waals surface area (Å²) in [5, 5.41) is 14.8. The topological polar surface area (TPSA) is 105 Å². The maximum Gasteiger partial charge on any atom is 0.306 e. The number of carbonyl (C=O) groups excluding carboxylic acids is 3. The first-order valence-corrected chi connectivity index (χ1v) is 9.95. The molecule has 0 saturated heterocycles. The normalized spacial score (nSPS) is 17.2. The number of ether oxygens (including phenoxy) is 1. The van der Waals surface area contributed by atoms with Gasteiger partial charge in [-0.15, -0.1) is 13.2 Å². The van der Waals surface area contributed by atoms with Crippen LogP contribution in [0.1, 0.15) is 58.3 Å². The van der Waals surface area contributed by atoms with E-state index >= 15 is 0 Å². The monoisotopic (exact) mass is 394 g/mol. The molecule has 1 saturated carbocycles. The molecule has 2 atom stereocenters. The van der Waals surface area contributed by atoms with Crippen LogP contribution in [-0.4, -0.2) is 47.7 Å². The van der Waals surface area contributed by atoms with Crippen LogP contribution in [0.15, 0.2) is 25.3 Å². The van der Waals surface area contributed by atoms with Crippen molar-refractivity contribution in [2.45, 2.75) is 69.9 Å². The zero-order valence-corrected chi connectivity index (χ0v) is 16.9. The molecule has 0 heterocycles. The van der Waals surface area contributed by atoms with E-state index in [2.05, 4.69) is 23.8 Å².